The van der Waals surface area contributed by atoms with Crippen molar-refractivity contribution in [3.8, 4) is 17.0 Å². The largest absolute Gasteiger partial charge is 0.488 e. The molecule has 0 radical (unpaired) electrons. The van der Waals surface area contributed by atoms with Gasteiger partial charge in [-0.1, -0.05) is 30.3 Å². The third kappa shape index (κ3) is 6.56. The number of ether oxygens (including phenoxy) is 1. The van der Waals surface area contributed by atoms with Crippen molar-refractivity contribution in [1.29, 1.82) is 0 Å². The van der Waals surface area contributed by atoms with E-state index in [1.54, 1.807) is 18.4 Å². The molecule has 1 aromatic heterocycles. The smallest absolute Gasteiger partial charge is 0.222 e. The molecule has 0 atom stereocenters. The minimum absolute atomic E-state index is 0.144. The van der Waals surface area contributed by atoms with E-state index in [2.05, 4.69) is 70.7 Å². The number of anilines is 1. The molecule has 7 nitrogen and oxygen atoms in total. The second kappa shape index (κ2) is 13.0. The van der Waals surface area contributed by atoms with Gasteiger partial charge in [0.1, 0.15) is 18.6 Å². The van der Waals surface area contributed by atoms with Crippen LogP contribution in [0.4, 0.5) is 5.13 Å². The fourth-order valence-electron chi connectivity index (χ4n) is 5.79. The van der Waals surface area contributed by atoms with Gasteiger partial charge < -0.3 is 19.7 Å². The zero-order chi connectivity index (χ0) is 28.1. The number of amides is 1. The molecule has 3 aromatic rings. The van der Waals surface area contributed by atoms with Crippen LogP contribution in [0, 0.1) is 25.7 Å². The van der Waals surface area contributed by atoms with E-state index in [-0.39, 0.29) is 17.7 Å². The van der Waals surface area contributed by atoms with Crippen molar-refractivity contribution in [3.05, 3.63) is 64.0 Å². The van der Waals surface area contributed by atoms with Crippen molar-refractivity contribution in [1.82, 2.24) is 15.2 Å². The fraction of sp³-hybridized carbons (Fsp3) is 0.469. The molecule has 5 rings (SSSR count). The van der Waals surface area contributed by atoms with Gasteiger partial charge in [0.25, 0.3) is 0 Å². The molecule has 2 saturated heterocycles. The van der Waals surface area contributed by atoms with Crippen LogP contribution in [0.25, 0.3) is 11.3 Å². The first-order valence-corrected chi connectivity index (χ1v) is 15.2. The molecule has 0 bridgehead atoms. The number of hydrogen-bond donors (Lipinski definition) is 1. The number of aldehydes is 1. The van der Waals surface area contributed by atoms with Gasteiger partial charge in [0, 0.05) is 49.5 Å². The van der Waals surface area contributed by atoms with Gasteiger partial charge >= 0.3 is 0 Å². The maximum Gasteiger partial charge on any atom is 0.222 e. The Morgan fingerprint density at radius 2 is 1.85 bits per heavy atom. The number of nitrogens with zero attached hydrogens (tertiary/aromatic N) is 3. The number of carbonyl (C=O) groups is 2. The second-order valence-corrected chi connectivity index (χ2v) is 12.0. The van der Waals surface area contributed by atoms with E-state index in [1.165, 1.54) is 16.7 Å². The summed E-state index contributed by atoms with van der Waals surface area (Å²) in [7, 11) is 1.72. The van der Waals surface area contributed by atoms with Crippen molar-refractivity contribution in [2.75, 3.05) is 38.1 Å². The van der Waals surface area contributed by atoms with E-state index in [9.17, 15) is 9.59 Å². The van der Waals surface area contributed by atoms with Gasteiger partial charge in [0.05, 0.1) is 5.69 Å². The summed E-state index contributed by atoms with van der Waals surface area (Å²) in [5, 5.41) is 5.91. The highest BCUT2D eigenvalue weighted by molar-refractivity contribution is 7.14. The second-order valence-electron chi connectivity index (χ2n) is 11.1. The molecule has 1 N–H and O–H groups in total. The molecule has 3 heterocycles. The number of rotatable bonds is 9. The van der Waals surface area contributed by atoms with E-state index in [0.717, 1.165) is 92.4 Å². The summed E-state index contributed by atoms with van der Waals surface area (Å²) in [5.41, 5.74) is 6.73. The first-order valence-electron chi connectivity index (χ1n) is 14.4. The molecule has 8 heteroatoms. The van der Waals surface area contributed by atoms with E-state index in [4.69, 9.17) is 9.72 Å². The third-order valence-corrected chi connectivity index (χ3v) is 9.27. The topological polar surface area (TPSA) is 74.8 Å². The lowest BCUT2D eigenvalue weighted by Gasteiger charge is -2.31. The quantitative estimate of drug-likeness (QED) is 0.354. The van der Waals surface area contributed by atoms with Gasteiger partial charge in [-0.3, -0.25) is 9.69 Å². The lowest BCUT2D eigenvalue weighted by molar-refractivity contribution is -0.126. The van der Waals surface area contributed by atoms with Gasteiger partial charge in [0.15, 0.2) is 5.13 Å². The predicted molar refractivity (Wildman–Crippen MR) is 161 cm³/mol. The number of piperidine rings is 2. The molecule has 2 fully saturated rings. The van der Waals surface area contributed by atoms with Gasteiger partial charge in [0.2, 0.25) is 5.91 Å². The molecular formula is C32H40N4O3S. The molecule has 1 amide bonds. The van der Waals surface area contributed by atoms with Gasteiger partial charge in [-0.15, -0.1) is 11.3 Å². The minimum atomic E-state index is 0.144. The van der Waals surface area contributed by atoms with Crippen molar-refractivity contribution in [2.45, 2.75) is 52.7 Å². The van der Waals surface area contributed by atoms with Crippen LogP contribution in [0.2, 0.25) is 0 Å². The Morgan fingerprint density at radius 1 is 1.07 bits per heavy atom. The standard InChI is InChI=1S/C32H40N4O3S/c1-22-5-4-6-28(29-21-40-32(34-29)36-15-9-24(19-37)10-16-36)30(22)39-20-27-8-7-25(17-23(27)2)18-35-13-11-26(12-14-35)31(38)33-3/h4-8,17,19,21,24,26H,9-16,18,20H2,1-3H3,(H,33,38). The zero-order valence-electron chi connectivity index (χ0n) is 23.8. The van der Waals surface area contributed by atoms with Crippen molar-refractivity contribution in [3.63, 3.8) is 0 Å². The number of benzene rings is 2. The highest BCUT2D eigenvalue weighted by Crippen LogP contribution is 2.37. The van der Waals surface area contributed by atoms with Gasteiger partial charge in [-0.2, -0.15) is 0 Å². The highest BCUT2D eigenvalue weighted by Gasteiger charge is 2.24. The number of aryl methyl sites for hydroxylation is 2. The number of aromatic nitrogens is 1. The summed E-state index contributed by atoms with van der Waals surface area (Å²) < 4.78 is 6.47. The van der Waals surface area contributed by atoms with Crippen molar-refractivity contribution < 1.29 is 14.3 Å². The Morgan fingerprint density at radius 3 is 2.55 bits per heavy atom. The molecule has 0 unspecified atom stereocenters. The first-order chi connectivity index (χ1) is 19.4. The SMILES string of the molecule is CNC(=O)C1CCN(Cc2ccc(COc3c(C)cccc3-c3csc(N4CCC(C=O)CC4)n3)c(C)c2)CC1. The van der Waals surface area contributed by atoms with Gasteiger partial charge in [-0.25, -0.2) is 4.98 Å². The summed E-state index contributed by atoms with van der Waals surface area (Å²) in [6.07, 6.45) is 4.72. The fourth-order valence-corrected chi connectivity index (χ4v) is 6.67. The summed E-state index contributed by atoms with van der Waals surface area (Å²) >= 11 is 1.66. The normalized spacial score (nSPS) is 17.1. The highest BCUT2D eigenvalue weighted by atomic mass is 32.1. The summed E-state index contributed by atoms with van der Waals surface area (Å²) in [4.78, 5) is 32.8. The molecule has 2 aliphatic heterocycles. The summed E-state index contributed by atoms with van der Waals surface area (Å²) in [6.45, 7) is 9.29. The van der Waals surface area contributed by atoms with E-state index >= 15 is 0 Å². The monoisotopic (exact) mass is 560 g/mol. The molecule has 2 aliphatic rings. The first kappa shape index (κ1) is 28.3. The third-order valence-electron chi connectivity index (χ3n) is 8.37. The average Bonchev–Trinajstić information content (AvgIpc) is 3.47. The predicted octanol–water partition coefficient (Wildman–Crippen LogP) is 5.38. The Hall–Kier alpha value is -3.23. The number of hydrogen-bond acceptors (Lipinski definition) is 7. The molecular weight excluding hydrogens is 520 g/mol. The number of para-hydroxylation sites is 1. The molecule has 0 aliphatic carbocycles. The maximum atomic E-state index is 11.9. The number of likely N-dealkylation sites (tertiary alicyclic amines) is 1. The van der Waals surface area contributed by atoms with Crippen LogP contribution in [0.3, 0.4) is 0 Å². The molecule has 2 aromatic carbocycles. The summed E-state index contributed by atoms with van der Waals surface area (Å²) in [5.74, 6) is 1.37. The van der Waals surface area contributed by atoms with Crippen molar-refractivity contribution in [2.24, 2.45) is 11.8 Å². The molecule has 40 heavy (non-hydrogen) atoms. The van der Waals surface area contributed by atoms with Crippen LogP contribution in [0.15, 0.2) is 41.8 Å². The maximum absolute atomic E-state index is 11.9. The Kier molecular flexibility index (Phi) is 9.17. The number of thiazole rings is 1. The van der Waals surface area contributed by atoms with Crippen LogP contribution in [-0.2, 0) is 22.7 Å². The molecule has 0 spiro atoms. The minimum Gasteiger partial charge on any atom is -0.488 e. The lowest BCUT2D eigenvalue weighted by Crippen LogP contribution is -2.39. The average molecular weight is 561 g/mol. The number of carbonyl (C=O) groups excluding carboxylic acids is 2. The molecule has 212 valence electrons. The van der Waals surface area contributed by atoms with Gasteiger partial charge in [-0.05, 0) is 80.9 Å². The molecule has 0 saturated carbocycles. The van der Waals surface area contributed by atoms with Crippen LogP contribution in [-0.4, -0.2) is 55.3 Å². The Bertz CT molecular complexity index is 1320. The van der Waals surface area contributed by atoms with Crippen LogP contribution >= 0.6 is 11.3 Å². The lowest BCUT2D eigenvalue weighted by atomic mass is 9.95. The zero-order valence-corrected chi connectivity index (χ0v) is 24.6. The van der Waals surface area contributed by atoms with E-state index < -0.39 is 0 Å². The Balaban J connectivity index is 1.22. The Labute approximate surface area is 241 Å². The summed E-state index contributed by atoms with van der Waals surface area (Å²) in [6, 6.07) is 12.9. The number of nitrogens with one attached hydrogen (secondary N) is 1. The van der Waals surface area contributed by atoms with Crippen LogP contribution < -0.4 is 15.0 Å². The van der Waals surface area contributed by atoms with Crippen LogP contribution in [0.5, 0.6) is 5.75 Å². The van der Waals surface area contributed by atoms with Crippen LogP contribution in [0.1, 0.15) is 47.9 Å². The van der Waals surface area contributed by atoms with E-state index in [1.807, 2.05) is 0 Å². The van der Waals surface area contributed by atoms with E-state index in [0.29, 0.717) is 6.61 Å². The van der Waals surface area contributed by atoms with Crippen molar-refractivity contribution >= 4 is 28.7 Å².